The molecule has 1 atom stereocenters. The third-order valence-electron chi connectivity index (χ3n) is 2.29. The predicted octanol–water partition coefficient (Wildman–Crippen LogP) is 1.13. The topological polar surface area (TPSA) is 37.3 Å². The van der Waals surface area contributed by atoms with E-state index in [4.69, 9.17) is 4.55 Å². The summed E-state index contributed by atoms with van der Waals surface area (Å²) in [6.45, 7) is 0. The monoisotopic (exact) mass is 316 g/mol. The van der Waals surface area contributed by atoms with E-state index in [1.807, 2.05) is 0 Å². The minimum absolute atomic E-state index is 0. The first-order valence-electron chi connectivity index (χ1n) is 4.75. The summed E-state index contributed by atoms with van der Waals surface area (Å²) in [4.78, 5) is 0. The van der Waals surface area contributed by atoms with Crippen LogP contribution >= 0.6 is 11.3 Å². The number of hydrogen-bond acceptors (Lipinski definition) is 2. The number of thiophene rings is 1. The van der Waals surface area contributed by atoms with Crippen LogP contribution < -0.4 is 29.6 Å². The number of rotatable bonds is 2. The fourth-order valence-electron chi connectivity index (χ4n) is 1.41. The first-order valence-corrected chi connectivity index (χ1v) is 6.73. The molecule has 0 aliphatic carbocycles. The van der Waals surface area contributed by atoms with Gasteiger partial charge in [-0.05, 0) is 34.7 Å². The first-order chi connectivity index (χ1) is 8.38. The molecule has 98 valence electrons. The Balaban J connectivity index is 0.00000180. The number of alkyl halides is 3. The van der Waals surface area contributed by atoms with Gasteiger partial charge >= 0.3 is 35.7 Å². The Morgan fingerprint density at radius 2 is 1.74 bits per heavy atom. The van der Waals surface area contributed by atoms with Gasteiger partial charge in [-0.3, -0.25) is 0 Å². The van der Waals surface area contributed by atoms with Gasteiger partial charge in [0.2, 0.25) is 0 Å². The van der Waals surface area contributed by atoms with E-state index >= 15 is 0 Å². The van der Waals surface area contributed by atoms with Crippen molar-refractivity contribution >= 4 is 22.4 Å². The van der Waals surface area contributed by atoms with Crippen LogP contribution in [0.5, 0.6) is 0 Å². The zero-order valence-electron chi connectivity index (χ0n) is 10.8. The molecule has 0 fully saturated rings. The molecule has 1 aromatic carbocycles. The molecule has 1 aromatic heterocycles. The Hall–Kier alpha value is -0.180. The van der Waals surface area contributed by atoms with Gasteiger partial charge in [-0.15, -0.1) is 11.3 Å². The Bertz CT molecular complexity index is 584. The van der Waals surface area contributed by atoms with Crippen LogP contribution in [-0.4, -0.2) is 8.76 Å². The van der Waals surface area contributed by atoms with Crippen LogP contribution in [0.15, 0.2) is 39.9 Å². The van der Waals surface area contributed by atoms with Crippen molar-refractivity contribution < 1.29 is 52.9 Å². The van der Waals surface area contributed by atoms with Crippen LogP contribution in [-0.2, 0) is 17.3 Å². The molecule has 1 heterocycles. The van der Waals surface area contributed by atoms with E-state index in [0.717, 1.165) is 23.5 Å². The second-order valence-electron chi connectivity index (χ2n) is 3.48. The van der Waals surface area contributed by atoms with Crippen molar-refractivity contribution in [3.8, 4) is 11.1 Å². The molecule has 0 aliphatic rings. The van der Waals surface area contributed by atoms with Crippen molar-refractivity contribution in [3.05, 3.63) is 41.3 Å². The van der Waals surface area contributed by atoms with E-state index in [9.17, 15) is 17.4 Å². The second-order valence-corrected chi connectivity index (χ2v) is 5.59. The van der Waals surface area contributed by atoms with Crippen LogP contribution in [0.3, 0.4) is 0 Å². The first kappa shape index (κ1) is 16.9. The van der Waals surface area contributed by atoms with Gasteiger partial charge in [-0.1, -0.05) is 12.1 Å². The van der Waals surface area contributed by atoms with Gasteiger partial charge < -0.3 is 5.98 Å². The third-order valence-corrected chi connectivity index (χ3v) is 4.19. The fourth-order valence-corrected chi connectivity index (χ4v) is 2.75. The molecule has 0 radical (unpaired) electrons. The summed E-state index contributed by atoms with van der Waals surface area (Å²) in [6, 6.07) is 6.15. The number of benzene rings is 1. The van der Waals surface area contributed by atoms with Crippen LogP contribution in [0, 0.1) is 0 Å². The molecule has 0 saturated carbocycles. The summed E-state index contributed by atoms with van der Waals surface area (Å²) in [7, 11) is 0. The predicted molar refractivity (Wildman–Crippen MR) is 64.9 cm³/mol. The minimum atomic E-state index is -4.36. The maximum absolute atomic E-state index is 12.4. The maximum atomic E-state index is 12.4. The fraction of sp³-hybridized carbons (Fsp3) is 0.0909. The van der Waals surface area contributed by atoms with E-state index in [2.05, 4.69) is 0 Å². The Kier molecular flexibility index (Phi) is 5.78. The van der Waals surface area contributed by atoms with Crippen LogP contribution in [0.1, 0.15) is 6.99 Å². The summed E-state index contributed by atoms with van der Waals surface area (Å²) in [5.41, 5.74) is 0.495. The van der Waals surface area contributed by atoms with Crippen molar-refractivity contribution in [2.24, 2.45) is 0 Å². The normalized spacial score (nSPS) is 12.8. The SMILES string of the molecule is O=S(O)c1cc(-c2ccc(C(F)(F)F)cc2)cs1.[H-].[Na+]. The third kappa shape index (κ3) is 4.14. The van der Waals surface area contributed by atoms with Crippen molar-refractivity contribution in [1.29, 1.82) is 0 Å². The van der Waals surface area contributed by atoms with Crippen LogP contribution in [0.25, 0.3) is 11.1 Å². The maximum Gasteiger partial charge on any atom is 1.00 e. The summed E-state index contributed by atoms with van der Waals surface area (Å²) >= 11 is -0.972. The summed E-state index contributed by atoms with van der Waals surface area (Å²) in [5, 5.41) is 1.63. The van der Waals surface area contributed by atoms with Crippen LogP contribution in [0.2, 0.25) is 0 Å². The second kappa shape index (κ2) is 6.51. The van der Waals surface area contributed by atoms with Crippen molar-refractivity contribution in [2.75, 3.05) is 0 Å². The molecule has 0 spiro atoms. The summed E-state index contributed by atoms with van der Waals surface area (Å²) in [6.07, 6.45) is -4.36. The van der Waals surface area contributed by atoms with Gasteiger partial charge in [0.25, 0.3) is 0 Å². The molecular weight excluding hydrogens is 308 g/mol. The van der Waals surface area contributed by atoms with Crippen molar-refractivity contribution in [2.45, 2.75) is 10.4 Å². The van der Waals surface area contributed by atoms with Gasteiger partial charge in [0, 0.05) is 0 Å². The quantitative estimate of drug-likeness (QED) is 0.666. The van der Waals surface area contributed by atoms with E-state index in [1.165, 1.54) is 18.2 Å². The molecule has 0 amide bonds. The molecule has 2 rings (SSSR count). The Morgan fingerprint density at radius 1 is 1.16 bits per heavy atom. The van der Waals surface area contributed by atoms with Gasteiger partial charge in [0.1, 0.15) is 4.21 Å². The largest absolute Gasteiger partial charge is 1.00 e. The molecule has 0 aliphatic heterocycles. The Morgan fingerprint density at radius 3 is 2.16 bits per heavy atom. The molecular formula is C11H8F3NaO2S2. The molecule has 1 unspecified atom stereocenters. The smallest absolute Gasteiger partial charge is 1.00 e. The molecule has 8 heteroatoms. The van der Waals surface area contributed by atoms with E-state index in [-0.39, 0.29) is 35.2 Å². The molecule has 0 saturated heterocycles. The van der Waals surface area contributed by atoms with E-state index in [0.29, 0.717) is 11.1 Å². The summed E-state index contributed by atoms with van der Waals surface area (Å²) < 4.78 is 57.0. The molecule has 19 heavy (non-hydrogen) atoms. The standard InChI is InChI=1S/C11H7F3O2S2.Na.H/c12-11(13,14)9-3-1-7(2-4-9)8-5-10(17-6-8)18(15)16;;/h1-6H,(H,15,16);;/q;+1;-1. The van der Waals surface area contributed by atoms with Crippen molar-refractivity contribution in [3.63, 3.8) is 0 Å². The van der Waals surface area contributed by atoms with Gasteiger partial charge in [0.05, 0.1) is 5.56 Å². The molecule has 2 aromatic rings. The van der Waals surface area contributed by atoms with Gasteiger partial charge in [-0.25, -0.2) is 4.21 Å². The minimum Gasteiger partial charge on any atom is -1.00 e. The zero-order valence-corrected chi connectivity index (χ0v) is 13.4. The molecule has 1 N–H and O–H groups in total. The van der Waals surface area contributed by atoms with Crippen molar-refractivity contribution in [1.82, 2.24) is 0 Å². The zero-order chi connectivity index (χ0) is 13.3. The number of halogens is 3. The summed E-state index contributed by atoms with van der Waals surface area (Å²) in [5.74, 6) is 0. The Labute approximate surface area is 137 Å². The van der Waals surface area contributed by atoms with Crippen LogP contribution in [0.4, 0.5) is 13.2 Å². The number of hydrogen-bond donors (Lipinski definition) is 1. The average Bonchev–Trinajstić information content (AvgIpc) is 2.77. The van der Waals surface area contributed by atoms with E-state index in [1.54, 1.807) is 5.38 Å². The van der Waals surface area contributed by atoms with Gasteiger partial charge in [-0.2, -0.15) is 13.2 Å². The molecule has 2 nitrogen and oxygen atoms in total. The molecule has 0 bridgehead atoms. The van der Waals surface area contributed by atoms with Gasteiger partial charge in [0.15, 0.2) is 11.1 Å². The average molecular weight is 316 g/mol. The van der Waals surface area contributed by atoms with E-state index < -0.39 is 22.8 Å².